The Labute approximate surface area is 105 Å². The fourth-order valence-corrected chi connectivity index (χ4v) is 2.19. The minimum Gasteiger partial charge on any atom is -0.503 e. The average Bonchev–Trinajstić information content (AvgIpc) is 2.50. The molecule has 0 aromatic heterocycles. The van der Waals surface area contributed by atoms with Gasteiger partial charge in [-0.25, -0.2) is 8.78 Å². The van der Waals surface area contributed by atoms with Crippen LogP contribution in [0.4, 0.5) is 8.78 Å². The Hall–Kier alpha value is -1.20. The standard InChI is InChI=1S/C13H17F2NO2/c1-9-7-16(3-2-4-18-9)8-10-5-11(14)13(17)12(15)6-10/h5-6,9,17H,2-4,7-8H2,1H3. The van der Waals surface area contributed by atoms with Gasteiger partial charge in [-0.1, -0.05) is 0 Å². The molecule has 1 atom stereocenters. The van der Waals surface area contributed by atoms with Gasteiger partial charge in [-0.05, 0) is 31.0 Å². The van der Waals surface area contributed by atoms with E-state index in [4.69, 9.17) is 9.84 Å². The van der Waals surface area contributed by atoms with Crippen molar-refractivity contribution in [3.63, 3.8) is 0 Å². The second-order valence-corrected chi connectivity index (χ2v) is 4.68. The first-order valence-electron chi connectivity index (χ1n) is 6.07. The largest absolute Gasteiger partial charge is 0.503 e. The highest BCUT2D eigenvalue weighted by Crippen LogP contribution is 2.22. The Balaban J connectivity index is 2.08. The van der Waals surface area contributed by atoms with E-state index in [1.54, 1.807) is 0 Å². The molecule has 18 heavy (non-hydrogen) atoms. The van der Waals surface area contributed by atoms with Crippen LogP contribution in [0.15, 0.2) is 12.1 Å². The van der Waals surface area contributed by atoms with E-state index in [2.05, 4.69) is 4.90 Å². The van der Waals surface area contributed by atoms with Gasteiger partial charge in [0.2, 0.25) is 0 Å². The van der Waals surface area contributed by atoms with E-state index in [1.807, 2.05) is 6.92 Å². The summed E-state index contributed by atoms with van der Waals surface area (Å²) in [5.41, 5.74) is 0.525. The summed E-state index contributed by atoms with van der Waals surface area (Å²) in [6.07, 6.45) is 1.03. The van der Waals surface area contributed by atoms with Crippen LogP contribution in [0.5, 0.6) is 5.75 Å². The maximum absolute atomic E-state index is 13.2. The third-order valence-electron chi connectivity index (χ3n) is 3.02. The molecule has 1 aliphatic heterocycles. The molecule has 0 amide bonds. The zero-order valence-corrected chi connectivity index (χ0v) is 10.3. The van der Waals surface area contributed by atoms with Crippen molar-refractivity contribution < 1.29 is 18.6 Å². The van der Waals surface area contributed by atoms with Crippen molar-refractivity contribution in [1.29, 1.82) is 0 Å². The number of rotatable bonds is 2. The fourth-order valence-electron chi connectivity index (χ4n) is 2.19. The average molecular weight is 257 g/mol. The predicted molar refractivity (Wildman–Crippen MR) is 63.3 cm³/mol. The quantitative estimate of drug-likeness (QED) is 0.882. The molecule has 0 saturated carbocycles. The number of nitrogens with zero attached hydrogens (tertiary/aromatic N) is 1. The molecule has 1 heterocycles. The van der Waals surface area contributed by atoms with E-state index in [-0.39, 0.29) is 6.10 Å². The molecule has 1 N–H and O–H groups in total. The lowest BCUT2D eigenvalue weighted by Gasteiger charge is -2.21. The van der Waals surface area contributed by atoms with E-state index in [1.165, 1.54) is 12.1 Å². The molecule has 3 nitrogen and oxygen atoms in total. The van der Waals surface area contributed by atoms with Crippen molar-refractivity contribution in [3.8, 4) is 5.75 Å². The first kappa shape index (κ1) is 13.2. The van der Waals surface area contributed by atoms with Crippen molar-refractivity contribution in [2.24, 2.45) is 0 Å². The topological polar surface area (TPSA) is 32.7 Å². The minimum absolute atomic E-state index is 0.124. The number of benzene rings is 1. The summed E-state index contributed by atoms with van der Waals surface area (Å²) in [6, 6.07) is 2.35. The lowest BCUT2D eigenvalue weighted by Crippen LogP contribution is -2.29. The number of halogens is 2. The number of hydrogen-bond donors (Lipinski definition) is 1. The van der Waals surface area contributed by atoms with Crippen LogP contribution < -0.4 is 0 Å². The van der Waals surface area contributed by atoms with Crippen LogP contribution in [0, 0.1) is 11.6 Å². The van der Waals surface area contributed by atoms with Gasteiger partial charge in [-0.2, -0.15) is 0 Å². The van der Waals surface area contributed by atoms with Crippen LogP contribution in [0.25, 0.3) is 0 Å². The Morgan fingerprint density at radius 2 is 2.06 bits per heavy atom. The van der Waals surface area contributed by atoms with E-state index in [9.17, 15) is 8.78 Å². The summed E-state index contributed by atoms with van der Waals surface area (Å²) in [5.74, 6) is -2.74. The van der Waals surface area contributed by atoms with Crippen LogP contribution in [-0.4, -0.2) is 35.8 Å². The molecule has 0 aliphatic carbocycles. The van der Waals surface area contributed by atoms with E-state index >= 15 is 0 Å². The van der Waals surface area contributed by atoms with Crippen molar-refractivity contribution >= 4 is 0 Å². The molecule has 1 fully saturated rings. The Morgan fingerprint density at radius 3 is 2.72 bits per heavy atom. The maximum atomic E-state index is 13.2. The van der Waals surface area contributed by atoms with Gasteiger partial charge in [0.15, 0.2) is 17.4 Å². The lowest BCUT2D eigenvalue weighted by atomic mass is 10.1. The number of phenols is 1. The highest BCUT2D eigenvalue weighted by Gasteiger charge is 2.17. The molecule has 2 rings (SSSR count). The highest BCUT2D eigenvalue weighted by atomic mass is 19.1. The van der Waals surface area contributed by atoms with Crippen LogP contribution in [-0.2, 0) is 11.3 Å². The minimum atomic E-state index is -0.913. The first-order chi connectivity index (χ1) is 8.56. The lowest BCUT2D eigenvalue weighted by molar-refractivity contribution is 0.0668. The van der Waals surface area contributed by atoms with Crippen LogP contribution in [0.1, 0.15) is 18.9 Å². The SMILES string of the molecule is CC1CN(Cc2cc(F)c(O)c(F)c2)CCCO1. The Morgan fingerprint density at radius 1 is 1.39 bits per heavy atom. The van der Waals surface area contributed by atoms with E-state index in [0.717, 1.165) is 26.1 Å². The molecular weight excluding hydrogens is 240 g/mol. The molecule has 1 aliphatic rings. The zero-order valence-electron chi connectivity index (χ0n) is 10.3. The van der Waals surface area contributed by atoms with Gasteiger partial charge in [-0.3, -0.25) is 4.90 Å². The van der Waals surface area contributed by atoms with Gasteiger partial charge in [-0.15, -0.1) is 0 Å². The van der Waals surface area contributed by atoms with Gasteiger partial charge in [0.1, 0.15) is 0 Å². The van der Waals surface area contributed by atoms with E-state index in [0.29, 0.717) is 12.1 Å². The van der Waals surface area contributed by atoms with Gasteiger partial charge in [0.25, 0.3) is 0 Å². The number of ether oxygens (including phenoxy) is 1. The summed E-state index contributed by atoms with van der Waals surface area (Å²) in [5, 5.41) is 9.04. The Bertz CT molecular complexity index is 402. The molecule has 100 valence electrons. The third kappa shape index (κ3) is 3.17. The first-order valence-corrected chi connectivity index (χ1v) is 6.07. The molecule has 5 heteroatoms. The smallest absolute Gasteiger partial charge is 0.187 e. The molecular formula is C13H17F2NO2. The molecule has 1 aromatic rings. The molecule has 0 radical (unpaired) electrons. The second-order valence-electron chi connectivity index (χ2n) is 4.68. The van der Waals surface area contributed by atoms with Crippen LogP contribution in [0.3, 0.4) is 0 Å². The van der Waals surface area contributed by atoms with Gasteiger partial charge in [0, 0.05) is 26.2 Å². The van der Waals surface area contributed by atoms with Gasteiger partial charge >= 0.3 is 0 Å². The number of hydrogen-bond acceptors (Lipinski definition) is 3. The second kappa shape index (κ2) is 5.63. The molecule has 0 spiro atoms. The molecule has 1 unspecified atom stereocenters. The van der Waals surface area contributed by atoms with Gasteiger partial charge < -0.3 is 9.84 Å². The van der Waals surface area contributed by atoms with Crippen LogP contribution >= 0.6 is 0 Å². The summed E-state index contributed by atoms with van der Waals surface area (Å²) < 4.78 is 31.9. The molecule has 1 saturated heterocycles. The monoisotopic (exact) mass is 257 g/mol. The van der Waals surface area contributed by atoms with E-state index < -0.39 is 17.4 Å². The van der Waals surface area contributed by atoms with Crippen molar-refractivity contribution in [2.45, 2.75) is 26.0 Å². The van der Waals surface area contributed by atoms with Crippen molar-refractivity contribution in [3.05, 3.63) is 29.3 Å². The zero-order chi connectivity index (χ0) is 13.1. The van der Waals surface area contributed by atoms with Gasteiger partial charge in [0.05, 0.1) is 6.10 Å². The summed E-state index contributed by atoms with van der Waals surface area (Å²) >= 11 is 0. The molecule has 0 bridgehead atoms. The molecule has 1 aromatic carbocycles. The normalized spacial score (nSPS) is 21.8. The fraction of sp³-hybridized carbons (Fsp3) is 0.538. The van der Waals surface area contributed by atoms with Crippen molar-refractivity contribution in [1.82, 2.24) is 4.90 Å². The summed E-state index contributed by atoms with van der Waals surface area (Å²) in [4.78, 5) is 2.10. The summed E-state index contributed by atoms with van der Waals surface area (Å²) in [6.45, 7) is 4.74. The summed E-state index contributed by atoms with van der Waals surface area (Å²) in [7, 11) is 0. The predicted octanol–water partition coefficient (Wildman–Crippen LogP) is 2.28. The maximum Gasteiger partial charge on any atom is 0.187 e. The third-order valence-corrected chi connectivity index (χ3v) is 3.02. The van der Waals surface area contributed by atoms with Crippen molar-refractivity contribution in [2.75, 3.05) is 19.7 Å². The highest BCUT2D eigenvalue weighted by molar-refractivity contribution is 5.30. The van der Waals surface area contributed by atoms with Crippen LogP contribution in [0.2, 0.25) is 0 Å². The number of phenolic OH excluding ortho intramolecular Hbond substituents is 1. The number of aromatic hydroxyl groups is 1. The Kier molecular flexibility index (Phi) is 4.14.